The zero-order valence-corrected chi connectivity index (χ0v) is 13.9. The van der Waals surface area contributed by atoms with Crippen LogP contribution in [0.1, 0.15) is 79.6 Å². The lowest BCUT2D eigenvalue weighted by atomic mass is 10.0. The van der Waals surface area contributed by atoms with Gasteiger partial charge < -0.3 is 4.89 Å². The highest BCUT2D eigenvalue weighted by molar-refractivity contribution is 7.59. The third kappa shape index (κ3) is 5.89. The molecule has 2 nitrogen and oxygen atoms in total. The summed E-state index contributed by atoms with van der Waals surface area (Å²) in [6, 6.07) is 0. The molecule has 0 fully saturated rings. The summed E-state index contributed by atoms with van der Waals surface area (Å²) < 4.78 is 12.5. The van der Waals surface area contributed by atoms with Gasteiger partial charge in [0.15, 0.2) is 0 Å². The van der Waals surface area contributed by atoms with E-state index in [0.717, 1.165) is 25.7 Å². The summed E-state index contributed by atoms with van der Waals surface area (Å²) in [5, 5.41) is 0. The van der Waals surface area contributed by atoms with E-state index in [2.05, 4.69) is 20.8 Å². The van der Waals surface area contributed by atoms with Crippen LogP contribution in [0.15, 0.2) is 0 Å². The van der Waals surface area contributed by atoms with E-state index in [1.807, 2.05) is 13.8 Å². The summed E-state index contributed by atoms with van der Waals surface area (Å²) in [7, 11) is -3.01. The van der Waals surface area contributed by atoms with Crippen molar-refractivity contribution in [2.45, 2.75) is 90.9 Å². The lowest BCUT2D eigenvalue weighted by molar-refractivity contribution is 0.409. The van der Waals surface area contributed by atoms with Gasteiger partial charge in [-0.05, 0) is 12.3 Å². The van der Waals surface area contributed by atoms with E-state index in [1.165, 1.54) is 19.3 Å². The van der Waals surface area contributed by atoms with E-state index in [0.29, 0.717) is 5.92 Å². The molecule has 0 radical (unpaired) electrons. The van der Waals surface area contributed by atoms with E-state index in [1.54, 1.807) is 0 Å². The largest absolute Gasteiger partial charge is 0.344 e. The Balaban J connectivity index is 4.28. The van der Waals surface area contributed by atoms with E-state index < -0.39 is 7.37 Å². The minimum absolute atomic E-state index is 0.0383. The molecule has 0 aliphatic heterocycles. The Kier molecular flexibility index (Phi) is 9.25. The average molecular weight is 276 g/mol. The van der Waals surface area contributed by atoms with Crippen molar-refractivity contribution in [2.75, 3.05) is 0 Å². The highest BCUT2D eigenvalue weighted by Gasteiger charge is 2.35. The Hall–Kier alpha value is 0.190. The molecule has 0 amide bonds. The van der Waals surface area contributed by atoms with E-state index in [9.17, 15) is 9.46 Å². The molecule has 0 aliphatic rings. The van der Waals surface area contributed by atoms with Crippen LogP contribution in [-0.4, -0.2) is 16.2 Å². The third-order valence-corrected chi connectivity index (χ3v) is 7.46. The highest BCUT2D eigenvalue weighted by atomic mass is 31.2. The second-order valence-corrected chi connectivity index (χ2v) is 8.92. The molecule has 0 aromatic heterocycles. The zero-order valence-electron chi connectivity index (χ0n) is 13.0. The minimum Gasteiger partial charge on any atom is -0.344 e. The smallest absolute Gasteiger partial charge is 0.206 e. The molecule has 0 aliphatic carbocycles. The van der Waals surface area contributed by atoms with Crippen molar-refractivity contribution in [2.24, 2.45) is 5.92 Å². The number of hydrogen-bond acceptors (Lipinski definition) is 1. The van der Waals surface area contributed by atoms with Crippen LogP contribution in [0.25, 0.3) is 0 Å². The van der Waals surface area contributed by atoms with Gasteiger partial charge in [0.2, 0.25) is 7.37 Å². The molecule has 0 aromatic rings. The summed E-state index contributed by atoms with van der Waals surface area (Å²) >= 11 is 0. The monoisotopic (exact) mass is 276 g/mol. The molecule has 4 atom stereocenters. The minimum atomic E-state index is -3.01. The number of hydrogen-bond donors (Lipinski definition) is 1. The lowest BCUT2D eigenvalue weighted by Gasteiger charge is -2.29. The first kappa shape index (κ1) is 18.2. The first-order chi connectivity index (χ1) is 8.37. The first-order valence-electron chi connectivity index (χ1n) is 7.70. The highest BCUT2D eigenvalue weighted by Crippen LogP contribution is 2.55. The molecule has 110 valence electrons. The quantitative estimate of drug-likeness (QED) is 0.426. The summed E-state index contributed by atoms with van der Waals surface area (Å²) in [4.78, 5) is 10.4. The van der Waals surface area contributed by atoms with Crippen molar-refractivity contribution in [3.05, 3.63) is 0 Å². The van der Waals surface area contributed by atoms with Crippen molar-refractivity contribution in [1.82, 2.24) is 0 Å². The van der Waals surface area contributed by atoms with Crippen LogP contribution in [0.5, 0.6) is 0 Å². The maximum Gasteiger partial charge on any atom is 0.206 e. The molecule has 0 saturated heterocycles. The summed E-state index contributed by atoms with van der Waals surface area (Å²) in [6.45, 7) is 10.4. The van der Waals surface area contributed by atoms with Crippen LogP contribution in [0.3, 0.4) is 0 Å². The molecule has 3 heteroatoms. The topological polar surface area (TPSA) is 37.3 Å². The van der Waals surface area contributed by atoms with Crippen molar-refractivity contribution >= 4 is 7.37 Å². The van der Waals surface area contributed by atoms with Gasteiger partial charge in [-0.25, -0.2) is 0 Å². The molecule has 0 bridgehead atoms. The Morgan fingerprint density at radius 2 is 1.56 bits per heavy atom. The fraction of sp³-hybridized carbons (Fsp3) is 1.00. The molecule has 0 saturated carbocycles. The SMILES string of the molecule is CCCCCCC(C)P(=O)(O)C(C)C(C)CCC. The molecule has 0 rings (SSSR count). The Morgan fingerprint density at radius 3 is 2.06 bits per heavy atom. The van der Waals surface area contributed by atoms with Crippen LogP contribution in [0.2, 0.25) is 0 Å². The molecule has 0 spiro atoms. The summed E-state index contributed by atoms with van der Waals surface area (Å²) in [5.41, 5.74) is -0.0951. The van der Waals surface area contributed by atoms with Gasteiger partial charge in [0.05, 0.1) is 0 Å². The normalized spacial score (nSPS) is 20.1. The molecule has 4 unspecified atom stereocenters. The Bertz CT molecular complexity index is 253. The average Bonchev–Trinajstić information content (AvgIpc) is 2.33. The van der Waals surface area contributed by atoms with Gasteiger partial charge in [0, 0.05) is 11.3 Å². The van der Waals surface area contributed by atoms with E-state index >= 15 is 0 Å². The Morgan fingerprint density at radius 1 is 0.944 bits per heavy atom. The van der Waals surface area contributed by atoms with Gasteiger partial charge in [-0.15, -0.1) is 0 Å². The fourth-order valence-electron chi connectivity index (χ4n) is 2.51. The van der Waals surface area contributed by atoms with Gasteiger partial charge >= 0.3 is 0 Å². The maximum atomic E-state index is 12.5. The van der Waals surface area contributed by atoms with Gasteiger partial charge in [0.1, 0.15) is 0 Å². The molecule has 0 heterocycles. The van der Waals surface area contributed by atoms with Crippen LogP contribution in [0.4, 0.5) is 0 Å². The van der Waals surface area contributed by atoms with E-state index in [4.69, 9.17) is 0 Å². The summed E-state index contributed by atoms with van der Waals surface area (Å²) in [5.74, 6) is 0.351. The van der Waals surface area contributed by atoms with Gasteiger partial charge in [-0.3, -0.25) is 4.57 Å². The molecule has 18 heavy (non-hydrogen) atoms. The van der Waals surface area contributed by atoms with Crippen molar-refractivity contribution < 1.29 is 9.46 Å². The van der Waals surface area contributed by atoms with Crippen LogP contribution in [-0.2, 0) is 4.57 Å². The predicted octanol–water partition coefficient (Wildman–Crippen LogP) is 5.44. The lowest BCUT2D eigenvalue weighted by Crippen LogP contribution is -2.20. The third-order valence-electron chi connectivity index (χ3n) is 4.26. The predicted molar refractivity (Wildman–Crippen MR) is 81.6 cm³/mol. The first-order valence-corrected chi connectivity index (χ1v) is 9.49. The zero-order chi connectivity index (χ0) is 14.2. The Labute approximate surface area is 114 Å². The van der Waals surface area contributed by atoms with Gasteiger partial charge in [0.25, 0.3) is 0 Å². The van der Waals surface area contributed by atoms with Crippen LogP contribution < -0.4 is 0 Å². The number of rotatable bonds is 10. The van der Waals surface area contributed by atoms with Gasteiger partial charge in [-0.2, -0.15) is 0 Å². The molecular weight excluding hydrogens is 243 g/mol. The van der Waals surface area contributed by atoms with Crippen molar-refractivity contribution in [3.63, 3.8) is 0 Å². The van der Waals surface area contributed by atoms with Gasteiger partial charge in [-0.1, -0.05) is 73.1 Å². The van der Waals surface area contributed by atoms with Crippen LogP contribution in [0, 0.1) is 5.92 Å². The maximum absolute atomic E-state index is 12.5. The number of unbranched alkanes of at least 4 members (excludes halogenated alkanes) is 3. The van der Waals surface area contributed by atoms with E-state index in [-0.39, 0.29) is 11.3 Å². The summed E-state index contributed by atoms with van der Waals surface area (Å²) in [6.07, 6.45) is 7.79. The van der Waals surface area contributed by atoms with Crippen molar-refractivity contribution in [1.29, 1.82) is 0 Å². The second-order valence-electron chi connectivity index (χ2n) is 5.88. The fourth-order valence-corrected chi connectivity index (χ4v) is 4.75. The van der Waals surface area contributed by atoms with Crippen molar-refractivity contribution in [3.8, 4) is 0 Å². The second kappa shape index (κ2) is 9.15. The standard InChI is InChI=1S/C15H33O2P/c1-6-8-9-10-12-14(4)18(16,17)15(5)13(3)11-7-2/h13-15H,6-12H2,1-5H3,(H,16,17). The molecule has 0 aromatic carbocycles. The van der Waals surface area contributed by atoms with Crippen LogP contribution >= 0.6 is 7.37 Å². The molecule has 1 N–H and O–H groups in total. The molecular formula is C15H33O2P.